The minimum atomic E-state index is -0.871. The Labute approximate surface area is 327 Å². The number of nitrogens with zero attached hydrogens (tertiary/aromatic N) is 1. The lowest BCUT2D eigenvalue weighted by atomic mass is 10.0. The highest BCUT2D eigenvalue weighted by molar-refractivity contribution is 5.72. The Kier molecular flexibility index (Phi) is 36.1. The third-order valence-corrected chi connectivity index (χ3v) is 10.5. The normalized spacial score (nSPS) is 12.8. The molecule has 0 aliphatic heterocycles. The van der Waals surface area contributed by atoms with Gasteiger partial charge in [-0.15, -0.1) is 0 Å². The smallest absolute Gasteiger partial charge is 0.362 e. The minimum Gasteiger partial charge on any atom is -0.477 e. The number of carbonyl (C=O) groups is 3. The van der Waals surface area contributed by atoms with Crippen molar-refractivity contribution in [1.82, 2.24) is 0 Å². The highest BCUT2D eigenvalue weighted by Crippen LogP contribution is 2.16. The standard InChI is InChI=1S/C45H87NO7/c1-6-8-10-12-14-16-17-18-19-20-21-22-23-24-25-26-28-29-31-33-35-43(47)52-40-41(39-51-38-37-42(45(49)50)46(3,4)5)53-44(48)36-34-32-30-27-15-13-11-9-7-2/h41-42H,6-40H2,1-5H3/p+1. The molecule has 0 saturated carbocycles. The summed E-state index contributed by atoms with van der Waals surface area (Å²) in [6.07, 6.45) is 37.2. The van der Waals surface area contributed by atoms with Crippen LogP contribution < -0.4 is 0 Å². The van der Waals surface area contributed by atoms with Crippen LogP contribution >= 0.6 is 0 Å². The molecule has 0 amide bonds. The first-order valence-corrected chi connectivity index (χ1v) is 22.6. The van der Waals surface area contributed by atoms with E-state index in [1.54, 1.807) is 0 Å². The van der Waals surface area contributed by atoms with E-state index in [9.17, 15) is 19.5 Å². The van der Waals surface area contributed by atoms with Crippen LogP contribution in [0.5, 0.6) is 0 Å². The fraction of sp³-hybridized carbons (Fsp3) is 0.933. The molecule has 53 heavy (non-hydrogen) atoms. The second-order valence-electron chi connectivity index (χ2n) is 16.7. The molecule has 1 N–H and O–H groups in total. The van der Waals surface area contributed by atoms with Crippen molar-refractivity contribution in [3.63, 3.8) is 0 Å². The molecule has 0 aromatic heterocycles. The average molecular weight is 755 g/mol. The molecule has 0 aliphatic carbocycles. The molecular weight excluding hydrogens is 666 g/mol. The molecule has 0 spiro atoms. The third-order valence-electron chi connectivity index (χ3n) is 10.5. The van der Waals surface area contributed by atoms with Crippen LogP contribution in [-0.2, 0) is 28.6 Å². The zero-order chi connectivity index (χ0) is 39.3. The third kappa shape index (κ3) is 35.8. The van der Waals surface area contributed by atoms with E-state index >= 15 is 0 Å². The van der Waals surface area contributed by atoms with E-state index in [-0.39, 0.29) is 36.2 Å². The van der Waals surface area contributed by atoms with Gasteiger partial charge in [-0.1, -0.05) is 187 Å². The number of quaternary nitrogens is 1. The highest BCUT2D eigenvalue weighted by atomic mass is 16.6. The number of carbonyl (C=O) groups excluding carboxylic acids is 2. The Hall–Kier alpha value is -1.67. The number of esters is 2. The molecule has 2 unspecified atom stereocenters. The fourth-order valence-electron chi connectivity index (χ4n) is 6.98. The first-order chi connectivity index (χ1) is 25.6. The number of carboxylic acid groups (broad SMARTS) is 1. The Morgan fingerprint density at radius 1 is 0.491 bits per heavy atom. The first kappa shape index (κ1) is 51.3. The Morgan fingerprint density at radius 3 is 1.17 bits per heavy atom. The van der Waals surface area contributed by atoms with E-state index in [2.05, 4.69) is 13.8 Å². The van der Waals surface area contributed by atoms with Crippen molar-refractivity contribution in [3.8, 4) is 0 Å². The monoisotopic (exact) mass is 755 g/mol. The van der Waals surface area contributed by atoms with E-state index in [1.165, 1.54) is 148 Å². The summed E-state index contributed by atoms with van der Waals surface area (Å²) in [5, 5.41) is 9.60. The summed E-state index contributed by atoms with van der Waals surface area (Å²) in [7, 11) is 5.53. The molecular formula is C45H88NO7+. The summed E-state index contributed by atoms with van der Waals surface area (Å²) < 4.78 is 17.3. The van der Waals surface area contributed by atoms with Crippen LogP contribution in [0.15, 0.2) is 0 Å². The maximum absolute atomic E-state index is 12.6. The molecule has 314 valence electrons. The molecule has 0 saturated heterocycles. The predicted octanol–water partition coefficient (Wildman–Crippen LogP) is 12.1. The largest absolute Gasteiger partial charge is 0.477 e. The lowest BCUT2D eigenvalue weighted by molar-refractivity contribution is -0.887. The van der Waals surface area contributed by atoms with Crippen molar-refractivity contribution in [1.29, 1.82) is 0 Å². The lowest BCUT2D eigenvalue weighted by Gasteiger charge is -2.31. The molecule has 0 aromatic carbocycles. The van der Waals surface area contributed by atoms with Crippen LogP contribution in [0.1, 0.15) is 219 Å². The van der Waals surface area contributed by atoms with Crippen molar-refractivity contribution in [2.24, 2.45) is 0 Å². The molecule has 8 nitrogen and oxygen atoms in total. The van der Waals surface area contributed by atoms with Crippen LogP contribution in [-0.4, -0.2) is 80.6 Å². The molecule has 0 aliphatic rings. The number of ether oxygens (including phenoxy) is 3. The molecule has 0 rings (SSSR count). The number of unbranched alkanes of at least 4 members (excludes halogenated alkanes) is 27. The molecule has 0 bridgehead atoms. The van der Waals surface area contributed by atoms with Crippen molar-refractivity contribution >= 4 is 17.9 Å². The predicted molar refractivity (Wildman–Crippen MR) is 220 cm³/mol. The van der Waals surface area contributed by atoms with E-state index in [0.29, 0.717) is 19.3 Å². The summed E-state index contributed by atoms with van der Waals surface area (Å²) in [4.78, 5) is 36.9. The summed E-state index contributed by atoms with van der Waals surface area (Å²) >= 11 is 0. The molecule has 2 atom stereocenters. The van der Waals surface area contributed by atoms with Crippen molar-refractivity contribution < 1.29 is 38.2 Å². The Balaban J connectivity index is 4.15. The summed E-state index contributed by atoms with van der Waals surface area (Å²) in [6, 6.07) is -0.607. The van der Waals surface area contributed by atoms with Crippen LogP contribution in [0.3, 0.4) is 0 Å². The van der Waals surface area contributed by atoms with Crippen LogP contribution in [0, 0.1) is 0 Å². The number of likely N-dealkylation sites (N-methyl/N-ethyl adjacent to an activating group) is 1. The van der Waals surface area contributed by atoms with Crippen LogP contribution in [0.2, 0.25) is 0 Å². The fourth-order valence-corrected chi connectivity index (χ4v) is 6.98. The maximum Gasteiger partial charge on any atom is 0.362 e. The quantitative estimate of drug-likeness (QED) is 0.0377. The maximum atomic E-state index is 12.6. The SMILES string of the molecule is CCCCCCCCCCCCCCCCCCCCCCC(=O)OCC(COCCC(C(=O)O)[N+](C)(C)C)OC(=O)CCCCCCCCCCC. The van der Waals surface area contributed by atoms with Gasteiger partial charge in [0.15, 0.2) is 12.1 Å². The zero-order valence-electron chi connectivity index (χ0n) is 35.7. The van der Waals surface area contributed by atoms with Crippen LogP contribution in [0.25, 0.3) is 0 Å². The van der Waals surface area contributed by atoms with Crippen molar-refractivity contribution in [2.75, 3.05) is 41.0 Å². The second-order valence-corrected chi connectivity index (χ2v) is 16.7. The van der Waals surface area contributed by atoms with Gasteiger partial charge < -0.3 is 23.8 Å². The van der Waals surface area contributed by atoms with Crippen molar-refractivity contribution in [3.05, 3.63) is 0 Å². The van der Waals surface area contributed by atoms with E-state index in [4.69, 9.17) is 14.2 Å². The van der Waals surface area contributed by atoms with E-state index < -0.39 is 18.1 Å². The average Bonchev–Trinajstić information content (AvgIpc) is 3.11. The summed E-state index contributed by atoms with van der Waals surface area (Å²) in [5.41, 5.74) is 0. The molecule has 0 heterocycles. The number of hydrogen-bond donors (Lipinski definition) is 1. The van der Waals surface area contributed by atoms with Gasteiger partial charge in [0.1, 0.15) is 6.61 Å². The summed E-state index contributed by atoms with van der Waals surface area (Å²) in [6.45, 7) is 4.75. The van der Waals surface area contributed by atoms with Gasteiger partial charge in [0, 0.05) is 19.3 Å². The molecule has 0 radical (unpaired) electrons. The van der Waals surface area contributed by atoms with Gasteiger partial charge in [-0.25, -0.2) is 4.79 Å². The molecule has 0 aromatic rings. The number of rotatable bonds is 41. The van der Waals surface area contributed by atoms with Gasteiger partial charge in [-0.2, -0.15) is 0 Å². The van der Waals surface area contributed by atoms with Gasteiger partial charge in [0.05, 0.1) is 34.4 Å². The van der Waals surface area contributed by atoms with Crippen LogP contribution in [0.4, 0.5) is 0 Å². The first-order valence-electron chi connectivity index (χ1n) is 22.6. The zero-order valence-corrected chi connectivity index (χ0v) is 35.7. The van der Waals surface area contributed by atoms with E-state index in [1.807, 2.05) is 21.1 Å². The van der Waals surface area contributed by atoms with Gasteiger partial charge in [-0.3, -0.25) is 9.59 Å². The second kappa shape index (κ2) is 37.3. The van der Waals surface area contributed by atoms with Gasteiger partial charge in [0.25, 0.3) is 0 Å². The van der Waals surface area contributed by atoms with Gasteiger partial charge in [-0.05, 0) is 12.8 Å². The van der Waals surface area contributed by atoms with Gasteiger partial charge in [0.2, 0.25) is 0 Å². The van der Waals surface area contributed by atoms with Crippen molar-refractivity contribution in [2.45, 2.75) is 231 Å². The lowest BCUT2D eigenvalue weighted by Crippen LogP contribution is -2.50. The summed E-state index contributed by atoms with van der Waals surface area (Å²) in [5.74, 6) is -1.45. The van der Waals surface area contributed by atoms with E-state index in [0.717, 1.165) is 38.5 Å². The minimum absolute atomic E-state index is 0.0424. The Morgan fingerprint density at radius 2 is 0.830 bits per heavy atom. The number of carboxylic acids is 1. The molecule has 0 fully saturated rings. The topological polar surface area (TPSA) is 99.1 Å². The highest BCUT2D eigenvalue weighted by Gasteiger charge is 2.31. The molecule has 8 heteroatoms. The number of hydrogen-bond acceptors (Lipinski definition) is 6. The number of aliphatic carboxylic acids is 1. The Bertz CT molecular complexity index is 843. The van der Waals surface area contributed by atoms with Gasteiger partial charge >= 0.3 is 17.9 Å².